The van der Waals surface area contributed by atoms with Crippen LogP contribution in [0.15, 0.2) is 41.3 Å². The molecule has 1 aliphatic rings. The van der Waals surface area contributed by atoms with Crippen LogP contribution >= 0.6 is 11.3 Å². The van der Waals surface area contributed by atoms with Gasteiger partial charge in [-0.1, -0.05) is 18.2 Å². The predicted octanol–water partition coefficient (Wildman–Crippen LogP) is 2.51. The summed E-state index contributed by atoms with van der Waals surface area (Å²) in [5.41, 5.74) is 0.733. The molecule has 0 N–H and O–H groups in total. The normalized spacial score (nSPS) is 16.3. The van der Waals surface area contributed by atoms with E-state index in [0.29, 0.717) is 31.1 Å². The number of hydrogen-bond donors (Lipinski definition) is 0. The fourth-order valence-electron chi connectivity index (χ4n) is 2.89. The third-order valence-corrected chi connectivity index (χ3v) is 7.06. The van der Waals surface area contributed by atoms with Crippen molar-refractivity contribution in [2.45, 2.75) is 18.7 Å². The molecule has 0 unspecified atom stereocenters. The Morgan fingerprint density at radius 2 is 1.67 bits per heavy atom. The molecule has 2 aromatic rings. The van der Waals surface area contributed by atoms with Crippen LogP contribution in [-0.4, -0.2) is 49.7 Å². The van der Waals surface area contributed by atoms with Gasteiger partial charge in [0.1, 0.15) is 0 Å². The molecule has 1 saturated heterocycles. The number of carbonyl (C=O) groups excluding carboxylic acids is 1. The molecule has 0 saturated carbocycles. The van der Waals surface area contributed by atoms with Crippen LogP contribution in [0.2, 0.25) is 0 Å². The highest BCUT2D eigenvalue weighted by molar-refractivity contribution is 7.89. The highest BCUT2D eigenvalue weighted by atomic mass is 32.2. The summed E-state index contributed by atoms with van der Waals surface area (Å²) in [5, 5.41) is 0. The lowest BCUT2D eigenvalue weighted by Gasteiger charge is -2.34. The van der Waals surface area contributed by atoms with Gasteiger partial charge < -0.3 is 4.90 Å². The first-order valence-electron chi connectivity index (χ1n) is 7.81. The van der Waals surface area contributed by atoms with Gasteiger partial charge in [0.2, 0.25) is 10.0 Å². The lowest BCUT2D eigenvalue weighted by Crippen LogP contribution is -2.50. The fourth-order valence-corrected chi connectivity index (χ4v) is 5.25. The van der Waals surface area contributed by atoms with Gasteiger partial charge in [-0.2, -0.15) is 4.31 Å². The second kappa shape index (κ2) is 6.66. The van der Waals surface area contributed by atoms with Crippen molar-refractivity contribution in [3.05, 3.63) is 51.7 Å². The van der Waals surface area contributed by atoms with E-state index in [0.717, 1.165) is 15.3 Å². The van der Waals surface area contributed by atoms with E-state index in [1.165, 1.54) is 4.31 Å². The van der Waals surface area contributed by atoms with Crippen LogP contribution < -0.4 is 0 Å². The molecule has 1 aromatic heterocycles. The maximum absolute atomic E-state index is 12.6. The van der Waals surface area contributed by atoms with Crippen molar-refractivity contribution in [1.29, 1.82) is 0 Å². The van der Waals surface area contributed by atoms with Crippen molar-refractivity contribution in [3.8, 4) is 0 Å². The summed E-state index contributed by atoms with van der Waals surface area (Å²) in [6.07, 6.45) is 0. The van der Waals surface area contributed by atoms with Gasteiger partial charge in [-0.05, 0) is 32.0 Å². The minimum absolute atomic E-state index is 0.00592. The van der Waals surface area contributed by atoms with E-state index in [1.54, 1.807) is 46.6 Å². The molecule has 1 aliphatic heterocycles. The molecule has 1 amide bonds. The van der Waals surface area contributed by atoms with Gasteiger partial charge in [0.15, 0.2) is 0 Å². The Morgan fingerprint density at radius 3 is 2.21 bits per heavy atom. The monoisotopic (exact) mass is 364 g/mol. The van der Waals surface area contributed by atoms with Crippen molar-refractivity contribution in [2.24, 2.45) is 0 Å². The minimum Gasteiger partial charge on any atom is -0.336 e. The molecule has 24 heavy (non-hydrogen) atoms. The Bertz CT molecular complexity index is 836. The predicted molar refractivity (Wildman–Crippen MR) is 94.9 cm³/mol. The number of sulfonamides is 1. The van der Waals surface area contributed by atoms with Crippen molar-refractivity contribution >= 4 is 27.3 Å². The number of benzene rings is 1. The molecule has 2 heterocycles. The first-order chi connectivity index (χ1) is 11.4. The third kappa shape index (κ3) is 3.24. The molecule has 0 radical (unpaired) electrons. The number of nitrogens with zero attached hydrogens (tertiary/aromatic N) is 2. The summed E-state index contributed by atoms with van der Waals surface area (Å²) < 4.78 is 26.7. The Hall–Kier alpha value is -1.70. The zero-order valence-corrected chi connectivity index (χ0v) is 15.4. The van der Waals surface area contributed by atoms with Crippen molar-refractivity contribution < 1.29 is 13.2 Å². The Balaban J connectivity index is 1.70. The largest absolute Gasteiger partial charge is 0.336 e. The smallest absolute Gasteiger partial charge is 0.255 e. The van der Waals surface area contributed by atoms with Gasteiger partial charge in [-0.15, -0.1) is 11.3 Å². The van der Waals surface area contributed by atoms with Crippen LogP contribution in [0.3, 0.4) is 0 Å². The van der Waals surface area contributed by atoms with Gasteiger partial charge in [-0.25, -0.2) is 8.42 Å². The van der Waals surface area contributed by atoms with Crippen LogP contribution in [-0.2, 0) is 10.0 Å². The molecule has 0 bridgehead atoms. The zero-order valence-electron chi connectivity index (χ0n) is 13.7. The van der Waals surface area contributed by atoms with Crippen LogP contribution in [0, 0.1) is 13.8 Å². The number of amides is 1. The molecule has 3 rings (SSSR count). The quantitative estimate of drug-likeness (QED) is 0.841. The first kappa shape index (κ1) is 17.1. The second-order valence-corrected chi connectivity index (χ2v) is 9.23. The Kier molecular flexibility index (Phi) is 4.76. The van der Waals surface area contributed by atoms with Gasteiger partial charge >= 0.3 is 0 Å². The van der Waals surface area contributed by atoms with E-state index in [-0.39, 0.29) is 5.91 Å². The molecule has 128 valence electrons. The summed E-state index contributed by atoms with van der Waals surface area (Å²) in [7, 11) is -3.48. The van der Waals surface area contributed by atoms with Crippen molar-refractivity contribution in [1.82, 2.24) is 9.21 Å². The summed E-state index contributed by atoms with van der Waals surface area (Å²) >= 11 is 1.61. The number of rotatable bonds is 3. The molecule has 1 fully saturated rings. The first-order valence-corrected chi connectivity index (χ1v) is 10.1. The van der Waals surface area contributed by atoms with Gasteiger partial charge in [0, 0.05) is 35.9 Å². The van der Waals surface area contributed by atoms with E-state index in [2.05, 4.69) is 0 Å². The summed E-state index contributed by atoms with van der Waals surface area (Å²) in [6, 6.07) is 10.3. The maximum atomic E-state index is 12.6. The highest BCUT2D eigenvalue weighted by Crippen LogP contribution is 2.23. The van der Waals surface area contributed by atoms with E-state index in [9.17, 15) is 13.2 Å². The summed E-state index contributed by atoms with van der Waals surface area (Å²) in [4.78, 5) is 16.8. The number of aryl methyl sites for hydroxylation is 2. The van der Waals surface area contributed by atoms with Gasteiger partial charge in [-0.3, -0.25) is 4.79 Å². The number of thiophene rings is 1. The summed E-state index contributed by atoms with van der Waals surface area (Å²) in [5.74, 6) is -0.00592. The van der Waals surface area contributed by atoms with Gasteiger partial charge in [0.05, 0.1) is 10.5 Å². The SMILES string of the molecule is Cc1cc(C(=O)N2CCN(S(=O)(=O)c3ccccc3)CC2)c(C)s1. The fraction of sp³-hybridized carbons (Fsp3) is 0.353. The number of carbonyl (C=O) groups is 1. The highest BCUT2D eigenvalue weighted by Gasteiger charge is 2.30. The topological polar surface area (TPSA) is 57.7 Å². The summed E-state index contributed by atoms with van der Waals surface area (Å²) in [6.45, 7) is 5.41. The van der Waals surface area contributed by atoms with Crippen LogP contribution in [0.1, 0.15) is 20.1 Å². The molecular weight excluding hydrogens is 344 g/mol. The van der Waals surface area contributed by atoms with E-state index in [1.807, 2.05) is 19.9 Å². The molecular formula is C17H20N2O3S2. The van der Waals surface area contributed by atoms with E-state index >= 15 is 0 Å². The minimum atomic E-state index is -3.48. The number of hydrogen-bond acceptors (Lipinski definition) is 4. The lowest BCUT2D eigenvalue weighted by atomic mass is 10.2. The second-order valence-electron chi connectivity index (χ2n) is 5.84. The average molecular weight is 364 g/mol. The lowest BCUT2D eigenvalue weighted by molar-refractivity contribution is 0.0697. The zero-order chi connectivity index (χ0) is 17.3. The molecule has 1 aromatic carbocycles. The van der Waals surface area contributed by atoms with Crippen LogP contribution in [0.25, 0.3) is 0 Å². The Morgan fingerprint density at radius 1 is 1.04 bits per heavy atom. The Labute approximate surface area is 146 Å². The molecule has 5 nitrogen and oxygen atoms in total. The van der Waals surface area contributed by atoms with E-state index < -0.39 is 10.0 Å². The number of piperazine rings is 1. The maximum Gasteiger partial charge on any atom is 0.255 e. The van der Waals surface area contributed by atoms with Crippen molar-refractivity contribution in [2.75, 3.05) is 26.2 Å². The molecule has 7 heteroatoms. The van der Waals surface area contributed by atoms with Crippen LogP contribution in [0.5, 0.6) is 0 Å². The molecule has 0 atom stereocenters. The molecule has 0 spiro atoms. The van der Waals surface area contributed by atoms with Crippen molar-refractivity contribution in [3.63, 3.8) is 0 Å². The van der Waals surface area contributed by atoms with Gasteiger partial charge in [0.25, 0.3) is 5.91 Å². The molecule has 0 aliphatic carbocycles. The third-order valence-electron chi connectivity index (χ3n) is 4.18. The van der Waals surface area contributed by atoms with E-state index in [4.69, 9.17) is 0 Å². The average Bonchev–Trinajstić information content (AvgIpc) is 2.93. The van der Waals surface area contributed by atoms with Crippen LogP contribution in [0.4, 0.5) is 0 Å². The standard InChI is InChI=1S/C17H20N2O3S2/c1-13-12-16(14(2)23-13)17(20)18-8-10-19(11-9-18)24(21,22)15-6-4-3-5-7-15/h3-7,12H,8-11H2,1-2H3.